The van der Waals surface area contributed by atoms with Gasteiger partial charge < -0.3 is 4.90 Å². The molecule has 7 heteroatoms. The highest BCUT2D eigenvalue weighted by Gasteiger charge is 2.23. The number of rotatable bonds is 3. The first-order valence-corrected chi connectivity index (χ1v) is 9.45. The van der Waals surface area contributed by atoms with Crippen LogP contribution in [0.2, 0.25) is 0 Å². The van der Waals surface area contributed by atoms with Crippen molar-refractivity contribution in [3.63, 3.8) is 0 Å². The Bertz CT molecular complexity index is 875. The Morgan fingerprint density at radius 3 is 2.36 bits per heavy atom. The zero-order valence-corrected chi connectivity index (χ0v) is 15.6. The average molecular weight is 359 g/mol. The van der Waals surface area contributed by atoms with E-state index in [2.05, 4.69) is 23.6 Å². The number of aromatic nitrogens is 3. The minimum absolute atomic E-state index is 0.233. The molecule has 5 nitrogen and oxygen atoms in total. The zero-order valence-electron chi connectivity index (χ0n) is 14.7. The highest BCUT2D eigenvalue weighted by atomic mass is 32.1. The fraction of sp³-hybridized carbons (Fsp3) is 0.444. The maximum Gasteiger partial charge on any atom is 0.214 e. The smallest absolute Gasteiger partial charge is 0.214 e. The monoisotopic (exact) mass is 359 g/mol. The molecule has 0 aliphatic carbocycles. The number of nitrogens with zero attached hydrogens (tertiary/aromatic N) is 5. The summed E-state index contributed by atoms with van der Waals surface area (Å²) in [5.41, 5.74) is 2.78. The van der Waals surface area contributed by atoms with E-state index in [0.717, 1.165) is 53.2 Å². The average Bonchev–Trinajstić information content (AvgIpc) is 3.16. The van der Waals surface area contributed by atoms with Crippen LogP contribution < -0.4 is 4.90 Å². The summed E-state index contributed by atoms with van der Waals surface area (Å²) in [5.74, 6) is -0.233. The molecule has 0 radical (unpaired) electrons. The minimum atomic E-state index is -0.233. The van der Waals surface area contributed by atoms with Gasteiger partial charge >= 0.3 is 0 Å². The molecule has 25 heavy (non-hydrogen) atoms. The molecule has 1 aliphatic heterocycles. The van der Waals surface area contributed by atoms with Crippen LogP contribution in [0, 0.1) is 12.7 Å². The fourth-order valence-corrected chi connectivity index (χ4v) is 4.28. The summed E-state index contributed by atoms with van der Waals surface area (Å²) in [5, 5.41) is 5.80. The van der Waals surface area contributed by atoms with Crippen molar-refractivity contribution in [2.75, 3.05) is 31.1 Å². The second-order valence-corrected chi connectivity index (χ2v) is 7.68. The molecule has 3 aromatic rings. The van der Waals surface area contributed by atoms with E-state index >= 15 is 0 Å². The first-order valence-electron chi connectivity index (χ1n) is 8.64. The second-order valence-electron chi connectivity index (χ2n) is 6.75. The highest BCUT2D eigenvalue weighted by Crippen LogP contribution is 2.30. The highest BCUT2D eigenvalue weighted by molar-refractivity contribution is 7.20. The summed E-state index contributed by atoms with van der Waals surface area (Å²) in [4.78, 5) is 10.5. The van der Waals surface area contributed by atoms with Crippen LogP contribution in [0.3, 0.4) is 0 Å². The van der Waals surface area contributed by atoms with Gasteiger partial charge in [-0.2, -0.15) is 0 Å². The molecule has 1 fully saturated rings. The number of aryl methyl sites for hydroxylation is 1. The zero-order chi connectivity index (χ0) is 17.6. The third-order valence-electron chi connectivity index (χ3n) is 4.85. The third-order valence-corrected chi connectivity index (χ3v) is 5.82. The largest absolute Gasteiger partial charge is 0.344 e. The summed E-state index contributed by atoms with van der Waals surface area (Å²) in [7, 11) is 0. The summed E-state index contributed by atoms with van der Waals surface area (Å²) in [6.07, 6.45) is 0. The summed E-state index contributed by atoms with van der Waals surface area (Å²) in [6.45, 7) is 10.6. The molecule has 0 bridgehead atoms. The number of piperazine rings is 1. The van der Waals surface area contributed by atoms with Crippen LogP contribution in [0.25, 0.3) is 16.2 Å². The lowest BCUT2D eigenvalue weighted by Crippen LogP contribution is -2.48. The van der Waals surface area contributed by atoms with E-state index in [9.17, 15) is 4.39 Å². The van der Waals surface area contributed by atoms with Crippen LogP contribution >= 0.6 is 11.3 Å². The van der Waals surface area contributed by atoms with Gasteiger partial charge in [0, 0.05) is 37.8 Å². The van der Waals surface area contributed by atoms with Crippen molar-refractivity contribution in [2.24, 2.45) is 0 Å². The first kappa shape index (κ1) is 16.5. The Kier molecular flexibility index (Phi) is 4.21. The van der Waals surface area contributed by atoms with Gasteiger partial charge in [0.15, 0.2) is 0 Å². The molecule has 132 valence electrons. The van der Waals surface area contributed by atoms with Crippen molar-refractivity contribution in [1.29, 1.82) is 0 Å². The normalized spacial score (nSPS) is 16.3. The van der Waals surface area contributed by atoms with E-state index in [1.807, 2.05) is 11.4 Å². The third kappa shape index (κ3) is 3.02. The standard InChI is InChI=1S/C18H22FN5S/c1-12(2)22-8-10-23(11-9-22)18-21-24-13(3)16(20-17(24)25-18)14-4-6-15(19)7-5-14/h4-7,12H,8-11H2,1-3H3. The number of benzene rings is 1. The molecule has 4 rings (SSSR count). The molecule has 0 spiro atoms. The molecule has 0 unspecified atom stereocenters. The molecule has 0 saturated carbocycles. The molecule has 0 N–H and O–H groups in total. The summed E-state index contributed by atoms with van der Waals surface area (Å²) < 4.78 is 15.0. The van der Waals surface area contributed by atoms with Crippen LogP contribution in [0.5, 0.6) is 0 Å². The Balaban J connectivity index is 1.59. The molecule has 0 atom stereocenters. The molecule has 1 aliphatic rings. The second kappa shape index (κ2) is 6.38. The van der Waals surface area contributed by atoms with Crippen LogP contribution in [-0.4, -0.2) is 51.7 Å². The molecular weight excluding hydrogens is 337 g/mol. The Hall–Kier alpha value is -1.99. The number of fused-ring (bicyclic) bond motifs is 1. The lowest BCUT2D eigenvalue weighted by Gasteiger charge is -2.36. The molecule has 1 saturated heterocycles. The van der Waals surface area contributed by atoms with Crippen molar-refractivity contribution in [3.05, 3.63) is 35.8 Å². The van der Waals surface area contributed by atoms with Crippen molar-refractivity contribution < 1.29 is 4.39 Å². The van der Waals surface area contributed by atoms with Crippen molar-refractivity contribution in [2.45, 2.75) is 26.8 Å². The van der Waals surface area contributed by atoms with Crippen molar-refractivity contribution in [3.8, 4) is 11.3 Å². The van der Waals surface area contributed by atoms with E-state index < -0.39 is 0 Å². The lowest BCUT2D eigenvalue weighted by molar-refractivity contribution is 0.209. The van der Waals surface area contributed by atoms with E-state index in [-0.39, 0.29) is 5.82 Å². The number of halogens is 1. The number of anilines is 1. The quantitative estimate of drug-likeness (QED) is 0.718. The molecular formula is C18H22FN5S. The van der Waals surface area contributed by atoms with E-state index in [1.165, 1.54) is 12.1 Å². The number of imidazole rings is 1. The number of hydrogen-bond acceptors (Lipinski definition) is 5. The van der Waals surface area contributed by atoms with E-state index in [0.29, 0.717) is 6.04 Å². The van der Waals surface area contributed by atoms with Crippen molar-refractivity contribution in [1.82, 2.24) is 19.5 Å². The van der Waals surface area contributed by atoms with Gasteiger partial charge in [-0.15, -0.1) is 5.10 Å². The maximum absolute atomic E-state index is 13.1. The van der Waals surface area contributed by atoms with E-state index in [4.69, 9.17) is 10.1 Å². The maximum atomic E-state index is 13.1. The van der Waals surface area contributed by atoms with Crippen LogP contribution in [0.1, 0.15) is 19.5 Å². The van der Waals surface area contributed by atoms with Gasteiger partial charge in [-0.05, 0) is 45.0 Å². The van der Waals surface area contributed by atoms with Crippen LogP contribution in [0.15, 0.2) is 24.3 Å². The Morgan fingerprint density at radius 1 is 1.08 bits per heavy atom. The van der Waals surface area contributed by atoms with Gasteiger partial charge in [0.2, 0.25) is 10.1 Å². The Labute approximate surface area is 150 Å². The molecule has 3 heterocycles. The number of hydrogen-bond donors (Lipinski definition) is 0. The van der Waals surface area contributed by atoms with Crippen molar-refractivity contribution >= 4 is 21.4 Å². The van der Waals surface area contributed by atoms with Gasteiger partial charge in [0.05, 0.1) is 11.4 Å². The van der Waals surface area contributed by atoms with Gasteiger partial charge in [0.25, 0.3) is 0 Å². The van der Waals surface area contributed by atoms with Gasteiger partial charge in [0.1, 0.15) is 5.82 Å². The fourth-order valence-electron chi connectivity index (χ4n) is 3.28. The predicted octanol–water partition coefficient (Wildman–Crippen LogP) is 3.44. The Morgan fingerprint density at radius 2 is 1.76 bits per heavy atom. The molecule has 2 aromatic heterocycles. The molecule has 1 aromatic carbocycles. The van der Waals surface area contributed by atoms with Gasteiger partial charge in [-0.3, -0.25) is 4.90 Å². The van der Waals surface area contributed by atoms with Gasteiger partial charge in [-0.1, -0.05) is 11.3 Å². The topological polar surface area (TPSA) is 36.7 Å². The summed E-state index contributed by atoms with van der Waals surface area (Å²) in [6, 6.07) is 7.06. The predicted molar refractivity (Wildman–Crippen MR) is 99.9 cm³/mol. The van der Waals surface area contributed by atoms with Crippen LogP contribution in [-0.2, 0) is 0 Å². The first-order chi connectivity index (χ1) is 12.0. The minimum Gasteiger partial charge on any atom is -0.344 e. The lowest BCUT2D eigenvalue weighted by atomic mass is 10.1. The van der Waals surface area contributed by atoms with Crippen LogP contribution in [0.4, 0.5) is 9.52 Å². The van der Waals surface area contributed by atoms with E-state index in [1.54, 1.807) is 23.5 Å². The molecule has 0 amide bonds. The SMILES string of the molecule is Cc1c(-c2ccc(F)cc2)nc2sc(N3CCN(C(C)C)CC3)nn12. The van der Waals surface area contributed by atoms with Gasteiger partial charge in [-0.25, -0.2) is 13.9 Å². The summed E-state index contributed by atoms with van der Waals surface area (Å²) >= 11 is 1.62.